The van der Waals surface area contributed by atoms with E-state index >= 15 is 0 Å². The van der Waals surface area contributed by atoms with E-state index in [2.05, 4.69) is 40.7 Å². The smallest absolute Gasteiger partial charge is 0.146 e. The molecule has 1 aromatic carbocycles. The Morgan fingerprint density at radius 2 is 2.00 bits per heavy atom. The molecule has 0 spiro atoms. The third-order valence-corrected chi connectivity index (χ3v) is 4.77. The number of rotatable bonds is 7. The Morgan fingerprint density at radius 1 is 1.19 bits per heavy atom. The lowest BCUT2D eigenvalue weighted by Gasteiger charge is -2.30. The van der Waals surface area contributed by atoms with E-state index in [0.29, 0.717) is 31.0 Å². The molecule has 0 radical (unpaired) electrons. The zero-order chi connectivity index (χ0) is 18.4. The van der Waals surface area contributed by atoms with Gasteiger partial charge in [-0.2, -0.15) is 5.26 Å². The standard InChI is InChI=1S/C20H26N6/c1-2-26-11-8-16-17(12-22)19(23-10-9-21)25-20(18(16)14-26)24-13-15-6-4-3-5-7-15/h3-7H,2,8-11,13-14,21H2,1H3,(H2,23,24,25). The minimum absolute atomic E-state index is 0.500. The Kier molecular flexibility index (Phi) is 6.05. The van der Waals surface area contributed by atoms with Crippen LogP contribution >= 0.6 is 0 Å². The molecule has 6 heteroatoms. The summed E-state index contributed by atoms with van der Waals surface area (Å²) in [6.07, 6.45) is 0.867. The van der Waals surface area contributed by atoms with Gasteiger partial charge in [-0.15, -0.1) is 0 Å². The highest BCUT2D eigenvalue weighted by molar-refractivity contribution is 5.66. The molecule has 0 saturated carbocycles. The van der Waals surface area contributed by atoms with Crippen molar-refractivity contribution in [2.24, 2.45) is 5.73 Å². The van der Waals surface area contributed by atoms with Gasteiger partial charge in [0.2, 0.25) is 0 Å². The monoisotopic (exact) mass is 350 g/mol. The second-order valence-corrected chi connectivity index (χ2v) is 6.43. The molecule has 6 nitrogen and oxygen atoms in total. The Balaban J connectivity index is 1.96. The quantitative estimate of drug-likeness (QED) is 0.710. The van der Waals surface area contributed by atoms with Crippen LogP contribution in [0.15, 0.2) is 30.3 Å². The minimum Gasteiger partial charge on any atom is -0.368 e. The Labute approximate surface area is 155 Å². The van der Waals surface area contributed by atoms with Gasteiger partial charge in [-0.25, -0.2) is 4.98 Å². The van der Waals surface area contributed by atoms with Gasteiger partial charge >= 0.3 is 0 Å². The number of fused-ring (bicyclic) bond motifs is 1. The Morgan fingerprint density at radius 3 is 2.69 bits per heavy atom. The number of anilines is 2. The fourth-order valence-corrected chi connectivity index (χ4v) is 3.33. The fourth-order valence-electron chi connectivity index (χ4n) is 3.33. The molecular formula is C20H26N6. The van der Waals surface area contributed by atoms with Gasteiger partial charge in [-0.05, 0) is 24.1 Å². The summed E-state index contributed by atoms with van der Waals surface area (Å²) in [5, 5.41) is 16.4. The highest BCUT2D eigenvalue weighted by Crippen LogP contribution is 2.32. The lowest BCUT2D eigenvalue weighted by molar-refractivity contribution is 0.268. The molecule has 3 rings (SSSR count). The fraction of sp³-hybridized carbons (Fsp3) is 0.400. The van der Waals surface area contributed by atoms with Crippen LogP contribution in [0.5, 0.6) is 0 Å². The zero-order valence-corrected chi connectivity index (χ0v) is 15.3. The number of likely N-dealkylation sites (N-methyl/N-ethyl adjacent to an activating group) is 1. The van der Waals surface area contributed by atoms with Gasteiger partial charge in [-0.1, -0.05) is 37.3 Å². The number of aromatic nitrogens is 1. The molecule has 1 aromatic heterocycles. The summed E-state index contributed by atoms with van der Waals surface area (Å²) in [6.45, 7) is 6.75. The normalized spacial score (nSPS) is 13.7. The van der Waals surface area contributed by atoms with Crippen molar-refractivity contribution in [1.29, 1.82) is 5.26 Å². The average molecular weight is 350 g/mol. The van der Waals surface area contributed by atoms with Crippen molar-refractivity contribution in [3.05, 3.63) is 52.6 Å². The van der Waals surface area contributed by atoms with Crippen molar-refractivity contribution in [3.8, 4) is 6.07 Å². The first-order valence-electron chi connectivity index (χ1n) is 9.16. The van der Waals surface area contributed by atoms with E-state index in [4.69, 9.17) is 10.7 Å². The number of nitrogens with two attached hydrogens (primary N) is 1. The summed E-state index contributed by atoms with van der Waals surface area (Å²) >= 11 is 0. The van der Waals surface area contributed by atoms with Gasteiger partial charge in [0.1, 0.15) is 17.7 Å². The first-order valence-corrected chi connectivity index (χ1v) is 9.16. The van der Waals surface area contributed by atoms with Crippen molar-refractivity contribution in [2.75, 3.05) is 36.8 Å². The van der Waals surface area contributed by atoms with Gasteiger partial charge in [0.05, 0.1) is 5.56 Å². The van der Waals surface area contributed by atoms with Gasteiger partial charge in [0.25, 0.3) is 0 Å². The van der Waals surface area contributed by atoms with E-state index in [0.717, 1.165) is 43.0 Å². The largest absolute Gasteiger partial charge is 0.368 e. The van der Waals surface area contributed by atoms with E-state index < -0.39 is 0 Å². The van der Waals surface area contributed by atoms with Crippen LogP contribution < -0.4 is 16.4 Å². The molecule has 1 aliphatic heterocycles. The van der Waals surface area contributed by atoms with E-state index in [1.165, 1.54) is 5.56 Å². The van der Waals surface area contributed by atoms with Crippen molar-refractivity contribution < 1.29 is 0 Å². The molecular weight excluding hydrogens is 324 g/mol. The molecule has 0 saturated heterocycles. The molecule has 4 N–H and O–H groups in total. The second-order valence-electron chi connectivity index (χ2n) is 6.43. The SMILES string of the molecule is CCN1CCc2c(C#N)c(NCCN)nc(NCc3ccccc3)c2C1. The summed E-state index contributed by atoms with van der Waals surface area (Å²) in [6, 6.07) is 12.6. The number of nitrogens with one attached hydrogen (secondary N) is 2. The molecule has 26 heavy (non-hydrogen) atoms. The summed E-state index contributed by atoms with van der Waals surface area (Å²) < 4.78 is 0. The van der Waals surface area contributed by atoms with Crippen molar-refractivity contribution >= 4 is 11.6 Å². The first-order chi connectivity index (χ1) is 12.8. The predicted molar refractivity (Wildman–Crippen MR) is 105 cm³/mol. The molecule has 1 aliphatic rings. The molecule has 0 fully saturated rings. The number of benzene rings is 1. The van der Waals surface area contributed by atoms with Crippen LogP contribution in [-0.2, 0) is 19.5 Å². The van der Waals surface area contributed by atoms with E-state index in [-0.39, 0.29) is 0 Å². The average Bonchev–Trinajstić information content (AvgIpc) is 2.70. The Bertz CT molecular complexity index is 781. The maximum absolute atomic E-state index is 9.70. The van der Waals surface area contributed by atoms with Crippen LogP contribution in [0.2, 0.25) is 0 Å². The molecule has 136 valence electrons. The second kappa shape index (κ2) is 8.65. The van der Waals surface area contributed by atoms with E-state index in [9.17, 15) is 5.26 Å². The maximum atomic E-state index is 9.70. The number of nitriles is 1. The van der Waals surface area contributed by atoms with Gasteiger partial charge < -0.3 is 16.4 Å². The van der Waals surface area contributed by atoms with Crippen LogP contribution in [0.1, 0.15) is 29.2 Å². The number of hydrogen-bond donors (Lipinski definition) is 3. The summed E-state index contributed by atoms with van der Waals surface area (Å²) in [5.74, 6) is 1.50. The van der Waals surface area contributed by atoms with Crippen LogP contribution in [0.4, 0.5) is 11.6 Å². The molecule has 0 atom stereocenters. The van der Waals surface area contributed by atoms with Gasteiger partial charge in [0.15, 0.2) is 0 Å². The van der Waals surface area contributed by atoms with Crippen LogP contribution in [-0.4, -0.2) is 36.1 Å². The minimum atomic E-state index is 0.500. The third kappa shape index (κ3) is 3.96. The lowest BCUT2D eigenvalue weighted by Crippen LogP contribution is -2.32. The van der Waals surface area contributed by atoms with Gasteiger partial charge in [0, 0.05) is 38.3 Å². The maximum Gasteiger partial charge on any atom is 0.146 e. The molecule has 0 unspecified atom stereocenters. The molecule has 2 aromatic rings. The number of pyridine rings is 1. The Hall–Kier alpha value is -2.62. The van der Waals surface area contributed by atoms with Crippen LogP contribution in [0.25, 0.3) is 0 Å². The van der Waals surface area contributed by atoms with E-state index in [1.54, 1.807) is 0 Å². The number of hydrogen-bond acceptors (Lipinski definition) is 6. The predicted octanol–water partition coefficient (Wildman–Crippen LogP) is 2.31. The molecule has 0 amide bonds. The van der Waals surface area contributed by atoms with Crippen molar-refractivity contribution in [1.82, 2.24) is 9.88 Å². The summed E-state index contributed by atoms with van der Waals surface area (Å²) in [7, 11) is 0. The molecule has 2 heterocycles. The summed E-state index contributed by atoms with van der Waals surface area (Å²) in [5.41, 5.74) is 9.74. The lowest BCUT2D eigenvalue weighted by atomic mass is 9.95. The van der Waals surface area contributed by atoms with Crippen molar-refractivity contribution in [3.63, 3.8) is 0 Å². The van der Waals surface area contributed by atoms with Crippen molar-refractivity contribution in [2.45, 2.75) is 26.4 Å². The van der Waals surface area contributed by atoms with E-state index in [1.807, 2.05) is 18.2 Å². The van der Waals surface area contributed by atoms with Crippen LogP contribution in [0, 0.1) is 11.3 Å². The van der Waals surface area contributed by atoms with Gasteiger partial charge in [-0.3, -0.25) is 4.90 Å². The first kappa shape index (κ1) is 18.2. The third-order valence-electron chi connectivity index (χ3n) is 4.77. The topological polar surface area (TPSA) is 90.0 Å². The highest BCUT2D eigenvalue weighted by Gasteiger charge is 2.24. The van der Waals surface area contributed by atoms with Crippen LogP contribution in [0.3, 0.4) is 0 Å². The molecule has 0 bridgehead atoms. The molecule has 0 aliphatic carbocycles. The highest BCUT2D eigenvalue weighted by atomic mass is 15.1. The number of nitrogens with zero attached hydrogens (tertiary/aromatic N) is 3. The zero-order valence-electron chi connectivity index (χ0n) is 15.3. The summed E-state index contributed by atoms with van der Waals surface area (Å²) in [4.78, 5) is 7.13.